The highest BCUT2D eigenvalue weighted by Crippen LogP contribution is 2.11. The van der Waals surface area contributed by atoms with Gasteiger partial charge in [-0.2, -0.15) is 5.26 Å². The lowest BCUT2D eigenvalue weighted by molar-refractivity contribution is -0.112. The van der Waals surface area contributed by atoms with E-state index in [-0.39, 0.29) is 17.2 Å². The molecule has 0 aliphatic carbocycles. The number of hydrogen-bond acceptors (Lipinski definition) is 4. The van der Waals surface area contributed by atoms with Crippen molar-refractivity contribution in [1.82, 2.24) is 5.32 Å². The monoisotopic (exact) mass is 351 g/mol. The third kappa shape index (κ3) is 5.56. The molecule has 2 N–H and O–H groups in total. The van der Waals surface area contributed by atoms with Gasteiger partial charge in [-0.15, -0.1) is 0 Å². The maximum atomic E-state index is 12.8. The van der Waals surface area contributed by atoms with Crippen LogP contribution in [0.3, 0.4) is 0 Å². The fourth-order valence-corrected chi connectivity index (χ4v) is 2.18. The summed E-state index contributed by atoms with van der Waals surface area (Å²) in [6.07, 6.45) is 1.98. The van der Waals surface area contributed by atoms with Gasteiger partial charge in [-0.3, -0.25) is 9.59 Å². The molecule has 0 saturated carbocycles. The SMILES string of the molecule is CC(=O)c1ccc(NC(=O)/C(C#N)=C\NCCc2ccc(F)cc2)cc1. The van der Waals surface area contributed by atoms with E-state index in [9.17, 15) is 14.0 Å². The number of amides is 1. The lowest BCUT2D eigenvalue weighted by Gasteiger charge is -2.06. The highest BCUT2D eigenvalue weighted by Gasteiger charge is 2.09. The molecule has 6 heteroatoms. The van der Waals surface area contributed by atoms with Gasteiger partial charge in [0.05, 0.1) is 0 Å². The number of carbonyl (C=O) groups is 2. The number of hydrogen-bond donors (Lipinski definition) is 2. The molecule has 0 fully saturated rings. The lowest BCUT2D eigenvalue weighted by Crippen LogP contribution is -2.18. The van der Waals surface area contributed by atoms with Crippen LogP contribution in [-0.2, 0) is 11.2 Å². The predicted molar refractivity (Wildman–Crippen MR) is 96.9 cm³/mol. The van der Waals surface area contributed by atoms with Gasteiger partial charge in [0.25, 0.3) is 5.91 Å². The van der Waals surface area contributed by atoms with Crippen LogP contribution in [0.25, 0.3) is 0 Å². The average Bonchev–Trinajstić information content (AvgIpc) is 2.63. The van der Waals surface area contributed by atoms with E-state index in [4.69, 9.17) is 5.26 Å². The van der Waals surface area contributed by atoms with Crippen LogP contribution in [0, 0.1) is 17.1 Å². The van der Waals surface area contributed by atoms with Crippen molar-refractivity contribution in [3.63, 3.8) is 0 Å². The van der Waals surface area contributed by atoms with E-state index >= 15 is 0 Å². The molecule has 26 heavy (non-hydrogen) atoms. The molecule has 2 aromatic carbocycles. The van der Waals surface area contributed by atoms with E-state index in [0.717, 1.165) is 5.56 Å². The maximum absolute atomic E-state index is 12.8. The Morgan fingerprint density at radius 3 is 2.35 bits per heavy atom. The topological polar surface area (TPSA) is 82.0 Å². The van der Waals surface area contributed by atoms with Crippen LogP contribution in [-0.4, -0.2) is 18.2 Å². The van der Waals surface area contributed by atoms with Gasteiger partial charge in [-0.25, -0.2) is 4.39 Å². The van der Waals surface area contributed by atoms with Crippen molar-refractivity contribution in [3.8, 4) is 6.07 Å². The van der Waals surface area contributed by atoms with Gasteiger partial charge >= 0.3 is 0 Å². The molecule has 0 radical (unpaired) electrons. The van der Waals surface area contributed by atoms with Crippen LogP contribution in [0.1, 0.15) is 22.8 Å². The third-order valence-electron chi connectivity index (χ3n) is 3.63. The van der Waals surface area contributed by atoms with Gasteiger partial charge in [0.1, 0.15) is 17.5 Å². The molecule has 1 amide bonds. The van der Waals surface area contributed by atoms with Gasteiger partial charge in [0, 0.05) is 24.0 Å². The maximum Gasteiger partial charge on any atom is 0.267 e. The number of benzene rings is 2. The summed E-state index contributed by atoms with van der Waals surface area (Å²) in [4.78, 5) is 23.3. The summed E-state index contributed by atoms with van der Waals surface area (Å²) >= 11 is 0. The van der Waals surface area contributed by atoms with Crippen molar-refractivity contribution < 1.29 is 14.0 Å². The number of halogens is 1. The minimum Gasteiger partial charge on any atom is -0.389 e. The summed E-state index contributed by atoms with van der Waals surface area (Å²) in [7, 11) is 0. The summed E-state index contributed by atoms with van der Waals surface area (Å²) in [5.74, 6) is -0.899. The Morgan fingerprint density at radius 2 is 1.77 bits per heavy atom. The van der Waals surface area contributed by atoms with E-state index in [1.165, 1.54) is 25.3 Å². The van der Waals surface area contributed by atoms with E-state index in [1.54, 1.807) is 36.4 Å². The molecule has 0 aliphatic rings. The number of carbonyl (C=O) groups excluding carboxylic acids is 2. The Hall–Kier alpha value is -3.46. The number of nitriles is 1. The van der Waals surface area contributed by atoms with Crippen molar-refractivity contribution in [3.05, 3.63) is 77.2 Å². The van der Waals surface area contributed by atoms with Crippen LogP contribution in [0.2, 0.25) is 0 Å². The number of anilines is 1. The second-order valence-corrected chi connectivity index (χ2v) is 5.59. The van der Waals surface area contributed by atoms with Gasteiger partial charge < -0.3 is 10.6 Å². The van der Waals surface area contributed by atoms with Gasteiger partial charge in [0.2, 0.25) is 0 Å². The fourth-order valence-electron chi connectivity index (χ4n) is 2.18. The van der Waals surface area contributed by atoms with Crippen LogP contribution in [0.15, 0.2) is 60.3 Å². The Kier molecular flexibility index (Phi) is 6.63. The second-order valence-electron chi connectivity index (χ2n) is 5.59. The number of nitrogens with zero attached hydrogens (tertiary/aromatic N) is 1. The van der Waals surface area contributed by atoms with Crippen molar-refractivity contribution >= 4 is 17.4 Å². The zero-order valence-electron chi connectivity index (χ0n) is 14.3. The molecular weight excluding hydrogens is 333 g/mol. The summed E-state index contributed by atoms with van der Waals surface area (Å²) in [5, 5.41) is 14.6. The summed E-state index contributed by atoms with van der Waals surface area (Å²) in [6.45, 7) is 1.96. The smallest absolute Gasteiger partial charge is 0.267 e. The minimum atomic E-state index is -0.544. The lowest BCUT2D eigenvalue weighted by atomic mass is 10.1. The van der Waals surface area contributed by atoms with Gasteiger partial charge in [-0.05, 0) is 55.3 Å². The first-order valence-corrected chi connectivity index (χ1v) is 8.00. The molecule has 0 heterocycles. The van der Waals surface area contributed by atoms with Crippen LogP contribution < -0.4 is 10.6 Å². The standard InChI is InChI=1S/C20H18FN3O2/c1-14(25)16-4-8-19(9-5-16)24-20(26)17(12-22)13-23-11-10-15-2-6-18(21)7-3-15/h2-9,13,23H,10-11H2,1H3,(H,24,26)/b17-13-. The number of nitrogens with one attached hydrogen (secondary N) is 2. The molecule has 2 rings (SSSR count). The Labute approximate surface area is 151 Å². The minimum absolute atomic E-state index is 0.0640. The van der Waals surface area contributed by atoms with E-state index in [1.807, 2.05) is 6.07 Å². The molecule has 0 aliphatic heterocycles. The number of ketones is 1. The quantitative estimate of drug-likeness (QED) is 0.347. The van der Waals surface area contributed by atoms with Crippen molar-refractivity contribution in [2.75, 3.05) is 11.9 Å². The van der Waals surface area contributed by atoms with Gasteiger partial charge in [-0.1, -0.05) is 12.1 Å². The highest BCUT2D eigenvalue weighted by molar-refractivity contribution is 6.06. The molecule has 132 valence electrons. The molecule has 2 aromatic rings. The molecule has 5 nitrogen and oxygen atoms in total. The molecule has 0 spiro atoms. The number of rotatable bonds is 7. The molecular formula is C20H18FN3O2. The van der Waals surface area contributed by atoms with E-state index in [2.05, 4.69) is 10.6 Å². The number of Topliss-reactive ketones (excluding diaryl/α,β-unsaturated/α-hetero) is 1. The third-order valence-corrected chi connectivity index (χ3v) is 3.63. The first-order chi connectivity index (χ1) is 12.5. The molecule has 0 bridgehead atoms. The van der Waals surface area contributed by atoms with Crippen LogP contribution in [0.4, 0.5) is 10.1 Å². The van der Waals surface area contributed by atoms with Crippen LogP contribution >= 0.6 is 0 Å². The Bertz CT molecular complexity index is 850. The van der Waals surface area contributed by atoms with E-state index in [0.29, 0.717) is 24.2 Å². The Balaban J connectivity index is 1.88. The zero-order valence-corrected chi connectivity index (χ0v) is 14.3. The predicted octanol–water partition coefficient (Wildman–Crippen LogP) is 3.21. The first-order valence-electron chi connectivity index (χ1n) is 8.00. The summed E-state index contributed by atoms with van der Waals surface area (Å²) in [6, 6.07) is 14.4. The second kappa shape index (κ2) is 9.14. The normalized spacial score (nSPS) is 10.7. The van der Waals surface area contributed by atoms with Gasteiger partial charge in [0.15, 0.2) is 5.78 Å². The average molecular weight is 351 g/mol. The summed E-state index contributed by atoms with van der Waals surface area (Å²) in [5.41, 5.74) is 1.91. The first kappa shape index (κ1) is 18.9. The zero-order chi connectivity index (χ0) is 18.9. The molecule has 0 aromatic heterocycles. The summed E-state index contributed by atoms with van der Waals surface area (Å²) < 4.78 is 12.8. The van der Waals surface area contributed by atoms with Crippen molar-refractivity contribution in [1.29, 1.82) is 5.26 Å². The van der Waals surface area contributed by atoms with Crippen molar-refractivity contribution in [2.24, 2.45) is 0 Å². The molecule has 0 unspecified atom stereocenters. The molecule has 0 atom stereocenters. The highest BCUT2D eigenvalue weighted by atomic mass is 19.1. The largest absolute Gasteiger partial charge is 0.389 e. The Morgan fingerprint density at radius 1 is 1.12 bits per heavy atom. The van der Waals surface area contributed by atoms with Crippen molar-refractivity contribution in [2.45, 2.75) is 13.3 Å². The van der Waals surface area contributed by atoms with E-state index < -0.39 is 5.91 Å². The fraction of sp³-hybridized carbons (Fsp3) is 0.150. The van der Waals surface area contributed by atoms with Crippen LogP contribution in [0.5, 0.6) is 0 Å². The molecule has 0 saturated heterocycles.